The smallest absolute Gasteiger partial charge is 0.295 e. The monoisotopic (exact) mass is 336 g/mol. The topological polar surface area (TPSA) is 42.2 Å². The molecule has 2 aromatic carbocycles. The van der Waals surface area contributed by atoms with Gasteiger partial charge in [-0.05, 0) is 50.8 Å². The van der Waals surface area contributed by atoms with Gasteiger partial charge in [0.15, 0.2) is 0 Å². The molecule has 0 spiro atoms. The molecule has 1 heterocycles. The molecule has 0 unspecified atom stereocenters. The molecule has 0 saturated heterocycles. The molecule has 3 aromatic rings. The lowest BCUT2D eigenvalue weighted by molar-refractivity contribution is 0.402. The van der Waals surface area contributed by atoms with E-state index in [2.05, 4.69) is 22.3 Å². The first-order chi connectivity index (χ1) is 12.0. The van der Waals surface area contributed by atoms with E-state index < -0.39 is 0 Å². The van der Waals surface area contributed by atoms with Crippen molar-refractivity contribution in [2.24, 2.45) is 7.05 Å². The van der Waals surface area contributed by atoms with Gasteiger partial charge in [-0.25, -0.2) is 4.68 Å². The van der Waals surface area contributed by atoms with Crippen LogP contribution in [0.3, 0.4) is 0 Å². The van der Waals surface area contributed by atoms with E-state index in [1.165, 1.54) is 5.56 Å². The highest BCUT2D eigenvalue weighted by Gasteiger charge is 2.16. The van der Waals surface area contributed by atoms with E-state index >= 15 is 0 Å². The zero-order chi connectivity index (χ0) is 18.0. The fraction of sp³-hybridized carbons (Fsp3) is 0.250. The third-order valence-electron chi connectivity index (χ3n) is 4.28. The van der Waals surface area contributed by atoms with Crippen molar-refractivity contribution in [1.29, 1.82) is 0 Å². The van der Waals surface area contributed by atoms with Gasteiger partial charge in [-0.15, -0.1) is 0 Å². The van der Waals surface area contributed by atoms with Gasteiger partial charge >= 0.3 is 0 Å². The van der Waals surface area contributed by atoms with Crippen molar-refractivity contribution in [1.82, 2.24) is 14.3 Å². The molecule has 0 aliphatic rings. The first-order valence-electron chi connectivity index (χ1n) is 8.32. The standard InChI is InChI=1S/C20H24N4O/c1-15-19(21-17-12-10-16(11-13-17)14-22(2)3)20(25)24(23(15)4)18-8-6-5-7-9-18/h5-13,21H,14H2,1-4H3. The van der Waals surface area contributed by atoms with Crippen LogP contribution in [0.15, 0.2) is 59.4 Å². The molecule has 5 nitrogen and oxygen atoms in total. The summed E-state index contributed by atoms with van der Waals surface area (Å²) in [6.07, 6.45) is 0. The maximum absolute atomic E-state index is 12.9. The lowest BCUT2D eigenvalue weighted by Gasteiger charge is -2.10. The van der Waals surface area contributed by atoms with Crippen LogP contribution in [0.1, 0.15) is 11.3 Å². The molecule has 1 N–H and O–H groups in total. The summed E-state index contributed by atoms with van der Waals surface area (Å²) in [7, 11) is 5.99. The Labute approximate surface area is 148 Å². The Kier molecular flexibility index (Phi) is 4.76. The van der Waals surface area contributed by atoms with Gasteiger partial charge in [0.05, 0.1) is 11.4 Å². The van der Waals surface area contributed by atoms with Gasteiger partial charge < -0.3 is 10.2 Å². The van der Waals surface area contributed by atoms with Gasteiger partial charge in [-0.2, -0.15) is 0 Å². The normalized spacial score (nSPS) is 11.1. The SMILES string of the molecule is Cc1c(Nc2ccc(CN(C)C)cc2)c(=O)n(-c2ccccc2)n1C. The highest BCUT2D eigenvalue weighted by atomic mass is 16.1. The average Bonchev–Trinajstić information content (AvgIpc) is 2.80. The van der Waals surface area contributed by atoms with Crippen LogP contribution in [-0.4, -0.2) is 28.4 Å². The van der Waals surface area contributed by atoms with Gasteiger partial charge in [0.25, 0.3) is 5.56 Å². The molecular formula is C20H24N4O. The fourth-order valence-electron chi connectivity index (χ4n) is 2.92. The molecule has 0 bridgehead atoms. The van der Waals surface area contributed by atoms with E-state index in [0.29, 0.717) is 5.69 Å². The molecule has 5 heteroatoms. The van der Waals surface area contributed by atoms with E-state index in [1.54, 1.807) is 4.68 Å². The van der Waals surface area contributed by atoms with Crippen molar-refractivity contribution in [3.63, 3.8) is 0 Å². The van der Waals surface area contributed by atoms with Gasteiger partial charge in [0.2, 0.25) is 0 Å². The summed E-state index contributed by atoms with van der Waals surface area (Å²) in [6.45, 7) is 2.84. The predicted molar refractivity (Wildman–Crippen MR) is 103 cm³/mol. The lowest BCUT2D eigenvalue weighted by Crippen LogP contribution is -2.20. The Hall–Kier alpha value is -2.79. The summed E-state index contributed by atoms with van der Waals surface area (Å²) in [6, 6.07) is 17.9. The number of hydrogen-bond acceptors (Lipinski definition) is 3. The third kappa shape index (κ3) is 3.51. The summed E-state index contributed by atoms with van der Waals surface area (Å²) in [5, 5.41) is 3.28. The maximum atomic E-state index is 12.9. The number of nitrogens with one attached hydrogen (secondary N) is 1. The number of aromatic nitrogens is 2. The number of rotatable bonds is 5. The van der Waals surface area contributed by atoms with Crippen molar-refractivity contribution < 1.29 is 0 Å². The van der Waals surface area contributed by atoms with Crippen LogP contribution >= 0.6 is 0 Å². The first kappa shape index (κ1) is 17.0. The number of nitrogens with zero attached hydrogens (tertiary/aromatic N) is 3. The molecule has 3 rings (SSSR count). The molecule has 0 aliphatic carbocycles. The highest BCUT2D eigenvalue weighted by molar-refractivity contribution is 5.62. The zero-order valence-corrected chi connectivity index (χ0v) is 15.2. The maximum Gasteiger partial charge on any atom is 0.295 e. The van der Waals surface area contributed by atoms with E-state index in [1.807, 2.05) is 75.2 Å². The van der Waals surface area contributed by atoms with Crippen LogP contribution in [0.5, 0.6) is 0 Å². The Morgan fingerprint density at radius 3 is 2.24 bits per heavy atom. The molecule has 130 valence electrons. The average molecular weight is 336 g/mol. The molecule has 25 heavy (non-hydrogen) atoms. The van der Waals surface area contributed by atoms with Crippen LogP contribution in [0.4, 0.5) is 11.4 Å². The number of anilines is 2. The molecular weight excluding hydrogens is 312 g/mol. The first-order valence-corrected chi connectivity index (χ1v) is 8.32. The Bertz CT molecular complexity index is 905. The summed E-state index contributed by atoms with van der Waals surface area (Å²) >= 11 is 0. The Morgan fingerprint density at radius 1 is 1.00 bits per heavy atom. The minimum atomic E-state index is -0.0523. The van der Waals surface area contributed by atoms with Crippen molar-refractivity contribution in [3.05, 3.63) is 76.2 Å². The lowest BCUT2D eigenvalue weighted by atomic mass is 10.2. The van der Waals surface area contributed by atoms with Crippen LogP contribution in [0, 0.1) is 6.92 Å². The van der Waals surface area contributed by atoms with Crippen LogP contribution in [0.2, 0.25) is 0 Å². The second-order valence-electron chi connectivity index (χ2n) is 6.50. The largest absolute Gasteiger partial charge is 0.349 e. The summed E-state index contributed by atoms with van der Waals surface area (Å²) in [5.41, 5.74) is 4.45. The van der Waals surface area contributed by atoms with Gasteiger partial charge in [-0.1, -0.05) is 30.3 Å². The van der Waals surface area contributed by atoms with E-state index in [4.69, 9.17) is 0 Å². The van der Waals surface area contributed by atoms with Crippen LogP contribution < -0.4 is 10.9 Å². The zero-order valence-electron chi connectivity index (χ0n) is 15.2. The molecule has 0 radical (unpaired) electrons. The van der Waals surface area contributed by atoms with Gasteiger partial charge in [0, 0.05) is 19.3 Å². The Morgan fingerprint density at radius 2 is 1.64 bits per heavy atom. The summed E-state index contributed by atoms with van der Waals surface area (Å²) in [5.74, 6) is 0. The van der Waals surface area contributed by atoms with Crippen molar-refractivity contribution in [2.75, 3.05) is 19.4 Å². The van der Waals surface area contributed by atoms with E-state index in [-0.39, 0.29) is 5.56 Å². The van der Waals surface area contributed by atoms with Crippen molar-refractivity contribution >= 4 is 11.4 Å². The minimum Gasteiger partial charge on any atom is -0.349 e. The molecule has 0 amide bonds. The van der Waals surface area contributed by atoms with Crippen molar-refractivity contribution in [3.8, 4) is 5.69 Å². The van der Waals surface area contributed by atoms with Gasteiger partial charge in [0.1, 0.15) is 5.69 Å². The second-order valence-corrected chi connectivity index (χ2v) is 6.50. The van der Waals surface area contributed by atoms with E-state index in [9.17, 15) is 4.79 Å². The molecule has 0 saturated carbocycles. The quantitative estimate of drug-likeness (QED) is 0.777. The molecule has 1 aromatic heterocycles. The van der Waals surface area contributed by atoms with E-state index in [0.717, 1.165) is 23.6 Å². The Balaban J connectivity index is 1.92. The third-order valence-corrected chi connectivity index (χ3v) is 4.28. The number of hydrogen-bond donors (Lipinski definition) is 1. The van der Waals surface area contributed by atoms with Crippen LogP contribution in [-0.2, 0) is 13.6 Å². The van der Waals surface area contributed by atoms with Gasteiger partial charge in [-0.3, -0.25) is 9.48 Å². The summed E-state index contributed by atoms with van der Waals surface area (Å²) in [4.78, 5) is 15.0. The number of benzene rings is 2. The van der Waals surface area contributed by atoms with Crippen LogP contribution in [0.25, 0.3) is 5.69 Å². The van der Waals surface area contributed by atoms with Crippen molar-refractivity contribution in [2.45, 2.75) is 13.5 Å². The number of para-hydroxylation sites is 1. The molecule has 0 fully saturated rings. The summed E-state index contributed by atoms with van der Waals surface area (Å²) < 4.78 is 3.55. The highest BCUT2D eigenvalue weighted by Crippen LogP contribution is 2.20. The second kappa shape index (κ2) is 6.99. The molecule has 0 atom stereocenters. The molecule has 0 aliphatic heterocycles. The fourth-order valence-corrected chi connectivity index (χ4v) is 2.92. The predicted octanol–water partition coefficient (Wildman–Crippen LogP) is 3.29. The minimum absolute atomic E-state index is 0.0523.